The fourth-order valence-electron chi connectivity index (χ4n) is 2.81. The van der Waals surface area contributed by atoms with Gasteiger partial charge in [-0.05, 0) is 28.8 Å². The molecule has 1 atom stereocenters. The molecule has 1 unspecified atom stereocenters. The zero-order valence-electron chi connectivity index (χ0n) is 13.9. The van der Waals surface area contributed by atoms with Crippen molar-refractivity contribution in [2.75, 3.05) is 0 Å². The van der Waals surface area contributed by atoms with E-state index >= 15 is 0 Å². The molecule has 1 aromatic heterocycles. The van der Waals surface area contributed by atoms with Gasteiger partial charge in [0, 0.05) is 31.8 Å². The minimum Gasteiger partial charge on any atom is -0.457 e. The summed E-state index contributed by atoms with van der Waals surface area (Å²) in [5.74, 6) is -0.138. The monoisotopic (exact) mass is 322 g/mol. The molecular weight excluding hydrogens is 300 g/mol. The van der Waals surface area contributed by atoms with Crippen molar-refractivity contribution in [1.82, 2.24) is 9.55 Å². The lowest BCUT2D eigenvalue weighted by molar-refractivity contribution is -0.150. The largest absolute Gasteiger partial charge is 0.457 e. The van der Waals surface area contributed by atoms with Crippen LogP contribution in [0.3, 0.4) is 0 Å². The van der Waals surface area contributed by atoms with Crippen LogP contribution in [-0.2, 0) is 16.1 Å². The molecule has 0 radical (unpaired) electrons. The van der Waals surface area contributed by atoms with Crippen LogP contribution < -0.4 is 0 Å². The Morgan fingerprint density at radius 3 is 2.79 bits per heavy atom. The van der Waals surface area contributed by atoms with Gasteiger partial charge in [-0.1, -0.05) is 43.3 Å². The van der Waals surface area contributed by atoms with E-state index in [0.717, 1.165) is 30.3 Å². The highest BCUT2D eigenvalue weighted by atomic mass is 16.5. The Kier molecular flexibility index (Phi) is 5.26. The molecule has 0 aliphatic heterocycles. The zero-order valence-corrected chi connectivity index (χ0v) is 13.9. The average molecular weight is 322 g/mol. The molecule has 2 aromatic carbocycles. The molecule has 4 nitrogen and oxygen atoms in total. The second kappa shape index (κ2) is 7.77. The van der Waals surface area contributed by atoms with Gasteiger partial charge in [0.25, 0.3) is 0 Å². The topological polar surface area (TPSA) is 44.1 Å². The van der Waals surface area contributed by atoms with Crippen molar-refractivity contribution in [3.8, 4) is 0 Å². The van der Waals surface area contributed by atoms with E-state index in [1.165, 1.54) is 5.39 Å². The fourth-order valence-corrected chi connectivity index (χ4v) is 2.81. The normalized spacial score (nSPS) is 12.2. The highest BCUT2D eigenvalue weighted by molar-refractivity contribution is 5.83. The van der Waals surface area contributed by atoms with Crippen LogP contribution in [0.15, 0.2) is 61.2 Å². The number of ether oxygens (including phenoxy) is 1. The number of esters is 1. The van der Waals surface area contributed by atoms with Crippen molar-refractivity contribution in [2.24, 2.45) is 0 Å². The first kappa shape index (κ1) is 16.2. The SMILES string of the molecule is CCCC(=O)OC(CCn1ccnc1)c1ccc2ccccc2c1. The second-order valence-electron chi connectivity index (χ2n) is 5.92. The molecule has 0 N–H and O–H groups in total. The smallest absolute Gasteiger partial charge is 0.306 e. The predicted octanol–water partition coefficient (Wildman–Crippen LogP) is 4.51. The van der Waals surface area contributed by atoms with Gasteiger partial charge in [-0.3, -0.25) is 4.79 Å². The first-order valence-electron chi connectivity index (χ1n) is 8.40. The quantitative estimate of drug-likeness (QED) is 0.601. The lowest BCUT2D eigenvalue weighted by atomic mass is 10.0. The summed E-state index contributed by atoms with van der Waals surface area (Å²) in [5, 5.41) is 2.35. The van der Waals surface area contributed by atoms with Crippen molar-refractivity contribution in [2.45, 2.75) is 38.8 Å². The number of fused-ring (bicyclic) bond motifs is 1. The van der Waals surface area contributed by atoms with Gasteiger partial charge in [-0.25, -0.2) is 4.98 Å². The van der Waals surface area contributed by atoms with Crippen LogP contribution in [-0.4, -0.2) is 15.5 Å². The van der Waals surface area contributed by atoms with Crippen molar-refractivity contribution in [1.29, 1.82) is 0 Å². The summed E-state index contributed by atoms with van der Waals surface area (Å²) in [6.45, 7) is 2.74. The number of nitrogens with zero attached hydrogens (tertiary/aromatic N) is 2. The Morgan fingerprint density at radius 1 is 1.21 bits per heavy atom. The number of rotatable bonds is 7. The summed E-state index contributed by atoms with van der Waals surface area (Å²) in [7, 11) is 0. The first-order valence-corrected chi connectivity index (χ1v) is 8.40. The van der Waals surface area contributed by atoms with Gasteiger partial charge in [0.1, 0.15) is 6.10 Å². The first-order chi connectivity index (χ1) is 11.8. The van der Waals surface area contributed by atoms with Crippen LogP contribution in [0.25, 0.3) is 10.8 Å². The van der Waals surface area contributed by atoms with Crippen LogP contribution in [0, 0.1) is 0 Å². The summed E-state index contributed by atoms with van der Waals surface area (Å²) in [6.07, 6.45) is 7.20. The van der Waals surface area contributed by atoms with Crippen molar-refractivity contribution in [3.05, 3.63) is 66.7 Å². The molecule has 0 saturated heterocycles. The Morgan fingerprint density at radius 2 is 2.04 bits per heavy atom. The van der Waals surface area contributed by atoms with Gasteiger partial charge >= 0.3 is 5.97 Å². The summed E-state index contributed by atoms with van der Waals surface area (Å²) < 4.78 is 7.75. The predicted molar refractivity (Wildman–Crippen MR) is 94.5 cm³/mol. The summed E-state index contributed by atoms with van der Waals surface area (Å²) >= 11 is 0. The summed E-state index contributed by atoms with van der Waals surface area (Å²) in [5.41, 5.74) is 1.04. The third-order valence-corrected chi connectivity index (χ3v) is 4.08. The molecule has 0 spiro atoms. The molecular formula is C20H22N2O2. The maximum absolute atomic E-state index is 12.0. The van der Waals surface area contributed by atoms with E-state index in [1.54, 1.807) is 12.5 Å². The van der Waals surface area contributed by atoms with Gasteiger partial charge in [-0.15, -0.1) is 0 Å². The number of carbonyl (C=O) groups excluding carboxylic acids is 1. The van der Waals surface area contributed by atoms with Gasteiger partial charge in [0.15, 0.2) is 0 Å². The Labute approximate surface area is 142 Å². The van der Waals surface area contributed by atoms with Crippen molar-refractivity contribution in [3.63, 3.8) is 0 Å². The highest BCUT2D eigenvalue weighted by Crippen LogP contribution is 2.26. The maximum atomic E-state index is 12.0. The number of imidazole rings is 1. The molecule has 1 heterocycles. The number of aryl methyl sites for hydroxylation is 1. The Hall–Kier alpha value is -2.62. The number of benzene rings is 2. The van der Waals surface area contributed by atoms with E-state index in [2.05, 4.69) is 35.3 Å². The molecule has 4 heteroatoms. The maximum Gasteiger partial charge on any atom is 0.306 e. The molecule has 24 heavy (non-hydrogen) atoms. The van der Waals surface area contributed by atoms with E-state index in [-0.39, 0.29) is 12.1 Å². The van der Waals surface area contributed by atoms with Crippen molar-refractivity contribution >= 4 is 16.7 Å². The van der Waals surface area contributed by atoms with E-state index < -0.39 is 0 Å². The van der Waals surface area contributed by atoms with Gasteiger partial charge < -0.3 is 9.30 Å². The van der Waals surface area contributed by atoms with Crippen LogP contribution in [0.5, 0.6) is 0 Å². The van der Waals surface area contributed by atoms with Gasteiger partial charge in [0.2, 0.25) is 0 Å². The van der Waals surface area contributed by atoms with Gasteiger partial charge in [0.05, 0.1) is 6.33 Å². The molecule has 0 bridgehead atoms. The molecule has 3 aromatic rings. The average Bonchev–Trinajstić information content (AvgIpc) is 3.12. The molecule has 124 valence electrons. The van der Waals surface area contributed by atoms with Crippen molar-refractivity contribution < 1.29 is 9.53 Å². The van der Waals surface area contributed by atoms with Crippen LogP contribution in [0.2, 0.25) is 0 Å². The zero-order chi connectivity index (χ0) is 16.8. The minimum atomic E-state index is -0.240. The molecule has 0 fully saturated rings. The summed E-state index contributed by atoms with van der Waals surface area (Å²) in [4.78, 5) is 16.1. The van der Waals surface area contributed by atoms with Gasteiger partial charge in [-0.2, -0.15) is 0 Å². The number of carbonyl (C=O) groups is 1. The Bertz CT molecular complexity index is 796. The van der Waals surface area contributed by atoms with E-state index in [1.807, 2.05) is 29.8 Å². The molecule has 0 aliphatic rings. The third kappa shape index (κ3) is 4.02. The van der Waals surface area contributed by atoms with E-state index in [0.29, 0.717) is 6.42 Å². The summed E-state index contributed by atoms with van der Waals surface area (Å²) in [6, 6.07) is 14.5. The van der Waals surface area contributed by atoms with E-state index in [9.17, 15) is 4.79 Å². The van der Waals surface area contributed by atoms with E-state index in [4.69, 9.17) is 4.74 Å². The standard InChI is InChI=1S/C20H22N2O2/c1-2-5-20(23)24-19(10-12-22-13-11-21-15-22)18-9-8-16-6-3-4-7-17(16)14-18/h3-4,6-9,11,13-15,19H,2,5,10,12H2,1H3. The highest BCUT2D eigenvalue weighted by Gasteiger charge is 2.17. The molecule has 0 amide bonds. The molecule has 0 aliphatic carbocycles. The number of hydrogen-bond donors (Lipinski definition) is 0. The van der Waals surface area contributed by atoms with Crippen LogP contribution in [0.1, 0.15) is 37.9 Å². The lowest BCUT2D eigenvalue weighted by Gasteiger charge is -2.19. The minimum absolute atomic E-state index is 0.138. The molecule has 3 rings (SSSR count). The van der Waals surface area contributed by atoms with Crippen LogP contribution >= 0.6 is 0 Å². The number of aromatic nitrogens is 2. The lowest BCUT2D eigenvalue weighted by Crippen LogP contribution is -2.13. The third-order valence-electron chi connectivity index (χ3n) is 4.08. The van der Waals surface area contributed by atoms with Crippen LogP contribution in [0.4, 0.5) is 0 Å². The molecule has 0 saturated carbocycles. The Balaban J connectivity index is 1.81. The number of hydrogen-bond acceptors (Lipinski definition) is 3. The second-order valence-corrected chi connectivity index (χ2v) is 5.92. The fraction of sp³-hybridized carbons (Fsp3) is 0.300.